The number of benzene rings is 2. The molecular weight excluding hydrogens is 408 g/mol. The first-order chi connectivity index (χ1) is 15.2. The van der Waals surface area contributed by atoms with Gasteiger partial charge in [-0.2, -0.15) is 0 Å². The number of hydrogen-bond donors (Lipinski definition) is 1. The predicted octanol–water partition coefficient (Wildman–Crippen LogP) is 6.04. The lowest BCUT2D eigenvalue weighted by Crippen LogP contribution is -2.14. The van der Waals surface area contributed by atoms with Gasteiger partial charge < -0.3 is 14.8 Å². The summed E-state index contributed by atoms with van der Waals surface area (Å²) in [5.74, 6) is 1.31. The van der Waals surface area contributed by atoms with Crippen molar-refractivity contribution in [1.82, 2.24) is 0 Å². The average molecular weight is 435 g/mol. The molecule has 3 aromatic rings. The number of amides is 1. The molecule has 0 radical (unpaired) electrons. The Balaban J connectivity index is 1.66. The van der Waals surface area contributed by atoms with Crippen molar-refractivity contribution in [3.05, 3.63) is 70.1 Å². The van der Waals surface area contributed by atoms with E-state index in [0.29, 0.717) is 30.2 Å². The number of ether oxygens (including phenoxy) is 2. The van der Waals surface area contributed by atoms with E-state index in [2.05, 4.69) is 5.32 Å². The zero-order chi connectivity index (χ0) is 21.6. The van der Waals surface area contributed by atoms with Gasteiger partial charge in [-0.05, 0) is 62.9 Å². The van der Waals surface area contributed by atoms with Crippen LogP contribution < -0.4 is 14.8 Å². The first-order valence-corrected chi connectivity index (χ1v) is 11.5. The van der Waals surface area contributed by atoms with Crippen LogP contribution in [-0.4, -0.2) is 25.3 Å². The van der Waals surface area contributed by atoms with E-state index < -0.39 is 0 Å². The number of aryl methyl sites for hydroxylation is 1. The molecule has 0 aliphatic heterocycles. The van der Waals surface area contributed by atoms with Crippen molar-refractivity contribution in [3.63, 3.8) is 0 Å². The molecule has 1 heterocycles. The Labute approximate surface area is 186 Å². The monoisotopic (exact) mass is 434 g/mol. The Morgan fingerprint density at radius 1 is 1.03 bits per heavy atom. The maximum Gasteiger partial charge on any atom is 0.259 e. The van der Waals surface area contributed by atoms with Gasteiger partial charge in [-0.3, -0.25) is 4.79 Å². The maximum absolute atomic E-state index is 13.3. The molecule has 1 amide bonds. The first-order valence-electron chi connectivity index (χ1n) is 10.6. The third-order valence-electron chi connectivity index (χ3n) is 5.10. The van der Waals surface area contributed by atoms with Crippen molar-refractivity contribution in [3.8, 4) is 11.5 Å². The molecule has 1 aromatic heterocycles. The third-order valence-corrected chi connectivity index (χ3v) is 6.30. The molecule has 2 aromatic carbocycles. The summed E-state index contributed by atoms with van der Waals surface area (Å²) in [6, 6.07) is 15.3. The van der Waals surface area contributed by atoms with Crippen LogP contribution in [0.1, 0.15) is 46.6 Å². The molecular formula is C25H26N2O3S. The number of aliphatic imine (C=N–C) groups is 1. The summed E-state index contributed by atoms with van der Waals surface area (Å²) < 4.78 is 11.4. The van der Waals surface area contributed by atoms with Crippen molar-refractivity contribution in [2.24, 2.45) is 4.99 Å². The number of rotatable bonds is 8. The van der Waals surface area contributed by atoms with Crippen LogP contribution in [0.5, 0.6) is 11.5 Å². The number of hydrogen-bond acceptors (Lipinski definition) is 5. The van der Waals surface area contributed by atoms with Crippen LogP contribution in [0.15, 0.2) is 53.5 Å². The molecule has 0 atom stereocenters. The van der Waals surface area contributed by atoms with Crippen LogP contribution in [0, 0.1) is 0 Å². The van der Waals surface area contributed by atoms with E-state index in [1.807, 2.05) is 62.4 Å². The Morgan fingerprint density at radius 3 is 2.55 bits per heavy atom. The van der Waals surface area contributed by atoms with Crippen molar-refractivity contribution < 1.29 is 14.3 Å². The second-order valence-electron chi connectivity index (χ2n) is 7.15. The fourth-order valence-corrected chi connectivity index (χ4v) is 4.98. The molecule has 1 aliphatic carbocycles. The van der Waals surface area contributed by atoms with Gasteiger partial charge in [0.25, 0.3) is 5.91 Å². The second kappa shape index (κ2) is 9.79. The lowest BCUT2D eigenvalue weighted by Gasteiger charge is -2.12. The molecule has 0 bridgehead atoms. The summed E-state index contributed by atoms with van der Waals surface area (Å²) in [4.78, 5) is 19.3. The normalized spacial score (nSPS) is 12.7. The van der Waals surface area contributed by atoms with Crippen LogP contribution in [0.2, 0.25) is 0 Å². The highest BCUT2D eigenvalue weighted by Gasteiger charge is 2.27. The number of carbonyl (C=O) groups is 1. The summed E-state index contributed by atoms with van der Waals surface area (Å²) in [6.07, 6.45) is 4.78. The van der Waals surface area contributed by atoms with Crippen LogP contribution in [0.25, 0.3) is 0 Å². The maximum atomic E-state index is 13.3. The van der Waals surface area contributed by atoms with Gasteiger partial charge in [0.15, 0.2) is 0 Å². The van der Waals surface area contributed by atoms with Gasteiger partial charge in [0.2, 0.25) is 0 Å². The molecule has 4 rings (SSSR count). The molecule has 31 heavy (non-hydrogen) atoms. The van der Waals surface area contributed by atoms with E-state index >= 15 is 0 Å². The number of para-hydroxylation sites is 3. The Kier molecular flexibility index (Phi) is 6.67. The molecule has 0 fully saturated rings. The van der Waals surface area contributed by atoms with E-state index in [4.69, 9.17) is 14.5 Å². The second-order valence-corrected chi connectivity index (χ2v) is 8.23. The predicted molar refractivity (Wildman–Crippen MR) is 127 cm³/mol. The van der Waals surface area contributed by atoms with Crippen molar-refractivity contribution in [2.45, 2.75) is 33.1 Å². The Bertz CT molecular complexity index is 1100. The molecule has 1 N–H and O–H groups in total. The average Bonchev–Trinajstić information content (AvgIpc) is 3.36. The molecule has 160 valence electrons. The molecule has 1 aliphatic rings. The number of carbonyl (C=O) groups excluding carboxylic acids is 1. The zero-order valence-corrected chi connectivity index (χ0v) is 18.6. The van der Waals surface area contributed by atoms with Gasteiger partial charge in [0.05, 0.1) is 24.5 Å². The minimum Gasteiger partial charge on any atom is -0.493 e. The zero-order valence-electron chi connectivity index (χ0n) is 17.8. The van der Waals surface area contributed by atoms with E-state index in [-0.39, 0.29) is 5.91 Å². The van der Waals surface area contributed by atoms with Gasteiger partial charge in [-0.25, -0.2) is 4.99 Å². The molecule has 0 unspecified atom stereocenters. The van der Waals surface area contributed by atoms with E-state index in [1.54, 1.807) is 17.6 Å². The fourth-order valence-electron chi connectivity index (χ4n) is 3.75. The number of anilines is 1. The Morgan fingerprint density at radius 2 is 1.74 bits per heavy atom. The van der Waals surface area contributed by atoms with Gasteiger partial charge in [-0.15, -0.1) is 11.3 Å². The molecule has 0 spiro atoms. The molecule has 0 saturated heterocycles. The number of nitrogens with one attached hydrogen (secondary N) is 1. The SMILES string of the molecule is CCOc1ccccc1C=Nc1sc2c(c1C(=O)Nc1ccccc1OCC)CCC2. The highest BCUT2D eigenvalue weighted by molar-refractivity contribution is 7.16. The summed E-state index contributed by atoms with van der Waals surface area (Å²) in [5, 5.41) is 3.78. The highest BCUT2D eigenvalue weighted by atomic mass is 32.1. The minimum absolute atomic E-state index is 0.142. The number of fused-ring (bicyclic) bond motifs is 1. The lowest BCUT2D eigenvalue weighted by atomic mass is 10.1. The van der Waals surface area contributed by atoms with E-state index in [1.165, 1.54) is 4.88 Å². The van der Waals surface area contributed by atoms with Crippen LogP contribution in [-0.2, 0) is 12.8 Å². The van der Waals surface area contributed by atoms with E-state index in [9.17, 15) is 4.79 Å². The van der Waals surface area contributed by atoms with Crippen molar-refractivity contribution >= 4 is 34.1 Å². The summed E-state index contributed by atoms with van der Waals surface area (Å²) in [6.45, 7) is 5.01. The lowest BCUT2D eigenvalue weighted by molar-refractivity contribution is 0.102. The molecule has 5 nitrogen and oxygen atoms in total. The van der Waals surface area contributed by atoms with Crippen LogP contribution in [0.3, 0.4) is 0 Å². The first kappa shape index (κ1) is 21.1. The van der Waals surface area contributed by atoms with Gasteiger partial charge in [-0.1, -0.05) is 24.3 Å². The highest BCUT2D eigenvalue weighted by Crippen LogP contribution is 2.41. The topological polar surface area (TPSA) is 59.9 Å². The standard InChI is InChI=1S/C25H26N2O3S/c1-3-29-20-13-7-5-10-17(20)16-26-25-23(18-11-9-15-22(18)31-25)24(28)27-19-12-6-8-14-21(19)30-4-2/h5-8,10,12-14,16H,3-4,9,11,15H2,1-2H3,(H,27,28). The number of nitrogens with zero attached hydrogens (tertiary/aromatic N) is 1. The smallest absolute Gasteiger partial charge is 0.259 e. The van der Waals surface area contributed by atoms with Gasteiger partial charge in [0, 0.05) is 16.7 Å². The van der Waals surface area contributed by atoms with Gasteiger partial charge >= 0.3 is 0 Å². The molecule has 0 saturated carbocycles. The van der Waals surface area contributed by atoms with Crippen molar-refractivity contribution in [2.75, 3.05) is 18.5 Å². The molecule has 6 heteroatoms. The van der Waals surface area contributed by atoms with Crippen LogP contribution in [0.4, 0.5) is 10.7 Å². The third kappa shape index (κ3) is 4.64. The largest absolute Gasteiger partial charge is 0.493 e. The van der Waals surface area contributed by atoms with E-state index in [0.717, 1.165) is 41.1 Å². The summed E-state index contributed by atoms with van der Waals surface area (Å²) >= 11 is 1.61. The summed E-state index contributed by atoms with van der Waals surface area (Å²) in [5.41, 5.74) is 3.37. The Hall–Kier alpha value is -3.12. The fraction of sp³-hybridized carbons (Fsp3) is 0.280. The summed E-state index contributed by atoms with van der Waals surface area (Å²) in [7, 11) is 0. The number of thiophene rings is 1. The quantitative estimate of drug-likeness (QED) is 0.440. The van der Waals surface area contributed by atoms with Gasteiger partial charge in [0.1, 0.15) is 16.5 Å². The van der Waals surface area contributed by atoms with Crippen LogP contribution >= 0.6 is 11.3 Å². The minimum atomic E-state index is -0.142. The van der Waals surface area contributed by atoms with Crippen molar-refractivity contribution in [1.29, 1.82) is 0 Å².